The van der Waals surface area contributed by atoms with Gasteiger partial charge in [0.25, 0.3) is 0 Å². The standard InChI is InChI=1S/C10H23NO5S/c1-14-6-7-16-9-8-15-5-3-2-4-10-17(11,12)13/h2-10H2,1H3,(H2,11,12,13). The molecule has 0 aliphatic heterocycles. The van der Waals surface area contributed by atoms with Crippen LogP contribution in [0.15, 0.2) is 0 Å². The molecule has 0 bridgehead atoms. The van der Waals surface area contributed by atoms with Crippen LogP contribution in [0.1, 0.15) is 19.3 Å². The third kappa shape index (κ3) is 15.8. The van der Waals surface area contributed by atoms with Crippen molar-refractivity contribution in [2.75, 3.05) is 45.9 Å². The molecule has 0 amide bonds. The lowest BCUT2D eigenvalue weighted by Gasteiger charge is -2.05. The van der Waals surface area contributed by atoms with Crippen LogP contribution >= 0.6 is 0 Å². The van der Waals surface area contributed by atoms with Crippen LogP contribution in [0.5, 0.6) is 0 Å². The van der Waals surface area contributed by atoms with Crippen molar-refractivity contribution in [2.24, 2.45) is 5.14 Å². The first-order valence-corrected chi connectivity index (χ1v) is 7.42. The number of methoxy groups -OCH3 is 1. The van der Waals surface area contributed by atoms with Crippen LogP contribution in [0, 0.1) is 0 Å². The SMILES string of the molecule is COCCOCCOCCCCCS(N)(=O)=O. The van der Waals surface area contributed by atoms with Crippen LogP contribution in [-0.2, 0) is 24.2 Å². The van der Waals surface area contributed by atoms with E-state index in [1.54, 1.807) is 7.11 Å². The molecule has 0 saturated carbocycles. The lowest BCUT2D eigenvalue weighted by Crippen LogP contribution is -2.16. The lowest BCUT2D eigenvalue weighted by atomic mass is 10.3. The molecule has 0 atom stereocenters. The predicted octanol–water partition coefficient (Wildman–Crippen LogP) is 0.125. The van der Waals surface area contributed by atoms with E-state index < -0.39 is 10.0 Å². The summed E-state index contributed by atoms with van der Waals surface area (Å²) >= 11 is 0. The molecule has 104 valence electrons. The Bertz CT molecular complexity index is 255. The summed E-state index contributed by atoms with van der Waals surface area (Å²) in [7, 11) is -1.68. The van der Waals surface area contributed by atoms with Gasteiger partial charge in [0.1, 0.15) is 0 Å². The van der Waals surface area contributed by atoms with Gasteiger partial charge in [0.05, 0.1) is 32.2 Å². The van der Waals surface area contributed by atoms with Gasteiger partial charge in [-0.1, -0.05) is 6.42 Å². The maximum Gasteiger partial charge on any atom is 0.209 e. The van der Waals surface area contributed by atoms with Gasteiger partial charge in [-0.05, 0) is 12.8 Å². The van der Waals surface area contributed by atoms with E-state index in [9.17, 15) is 8.42 Å². The fourth-order valence-corrected chi connectivity index (χ4v) is 1.75. The Morgan fingerprint density at radius 3 is 2.06 bits per heavy atom. The van der Waals surface area contributed by atoms with Crippen LogP contribution < -0.4 is 5.14 Å². The van der Waals surface area contributed by atoms with Gasteiger partial charge in [0.2, 0.25) is 10.0 Å². The van der Waals surface area contributed by atoms with E-state index in [-0.39, 0.29) is 5.75 Å². The van der Waals surface area contributed by atoms with E-state index in [0.717, 1.165) is 12.8 Å². The molecule has 2 N–H and O–H groups in total. The largest absolute Gasteiger partial charge is 0.382 e. The number of ether oxygens (including phenoxy) is 3. The van der Waals surface area contributed by atoms with Gasteiger partial charge in [0, 0.05) is 13.7 Å². The Balaban J connectivity index is 3.04. The van der Waals surface area contributed by atoms with E-state index in [1.165, 1.54) is 0 Å². The van der Waals surface area contributed by atoms with Crippen molar-refractivity contribution in [3.05, 3.63) is 0 Å². The number of unbranched alkanes of at least 4 members (excludes halogenated alkanes) is 2. The average molecular weight is 269 g/mol. The zero-order valence-corrected chi connectivity index (χ0v) is 11.2. The Labute approximate surface area is 103 Å². The predicted molar refractivity (Wildman–Crippen MR) is 65.3 cm³/mol. The first-order chi connectivity index (χ1) is 8.06. The van der Waals surface area contributed by atoms with Crippen molar-refractivity contribution < 1.29 is 22.6 Å². The van der Waals surface area contributed by atoms with E-state index >= 15 is 0 Å². The number of hydrogen-bond acceptors (Lipinski definition) is 5. The summed E-state index contributed by atoms with van der Waals surface area (Å²) in [4.78, 5) is 0. The molecule has 0 aromatic heterocycles. The second kappa shape index (κ2) is 10.9. The Hall–Kier alpha value is -0.210. The highest BCUT2D eigenvalue weighted by atomic mass is 32.2. The Morgan fingerprint density at radius 1 is 0.882 bits per heavy atom. The molecule has 0 spiro atoms. The highest BCUT2D eigenvalue weighted by Crippen LogP contribution is 1.97. The average Bonchev–Trinajstić information content (AvgIpc) is 2.24. The van der Waals surface area contributed by atoms with E-state index in [0.29, 0.717) is 39.5 Å². The van der Waals surface area contributed by atoms with Crippen molar-refractivity contribution in [3.8, 4) is 0 Å². The summed E-state index contributed by atoms with van der Waals surface area (Å²) in [5, 5.41) is 4.87. The van der Waals surface area contributed by atoms with Crippen molar-refractivity contribution in [1.29, 1.82) is 0 Å². The van der Waals surface area contributed by atoms with Crippen molar-refractivity contribution in [1.82, 2.24) is 0 Å². The first kappa shape index (κ1) is 16.8. The summed E-state index contributed by atoms with van der Waals surface area (Å²) in [5.41, 5.74) is 0. The number of rotatable bonds is 12. The number of nitrogens with two attached hydrogens (primary N) is 1. The Morgan fingerprint density at radius 2 is 1.47 bits per heavy atom. The summed E-state index contributed by atoms with van der Waals surface area (Å²) in [5.74, 6) is 0.0487. The minimum atomic E-state index is -3.31. The fraction of sp³-hybridized carbons (Fsp3) is 1.00. The molecule has 0 heterocycles. The van der Waals surface area contributed by atoms with Crippen LogP contribution in [0.3, 0.4) is 0 Å². The van der Waals surface area contributed by atoms with Gasteiger partial charge in [-0.3, -0.25) is 0 Å². The third-order valence-electron chi connectivity index (χ3n) is 2.02. The van der Waals surface area contributed by atoms with Gasteiger partial charge >= 0.3 is 0 Å². The monoisotopic (exact) mass is 269 g/mol. The van der Waals surface area contributed by atoms with Crippen LogP contribution in [0.4, 0.5) is 0 Å². The summed E-state index contributed by atoms with van der Waals surface area (Å²) in [6.07, 6.45) is 2.24. The molecule has 0 saturated heterocycles. The molecule has 0 aliphatic carbocycles. The molecule has 0 radical (unpaired) electrons. The molecule has 0 aliphatic rings. The molecule has 0 aromatic carbocycles. The zero-order valence-electron chi connectivity index (χ0n) is 10.4. The van der Waals surface area contributed by atoms with E-state index in [4.69, 9.17) is 19.3 Å². The molecular weight excluding hydrogens is 246 g/mol. The Kier molecular flexibility index (Phi) is 10.8. The van der Waals surface area contributed by atoms with Gasteiger partial charge in [0.15, 0.2) is 0 Å². The molecule has 17 heavy (non-hydrogen) atoms. The maximum atomic E-state index is 10.6. The van der Waals surface area contributed by atoms with Crippen LogP contribution in [-0.4, -0.2) is 54.3 Å². The second-order valence-electron chi connectivity index (χ2n) is 3.65. The highest BCUT2D eigenvalue weighted by molar-refractivity contribution is 7.89. The van der Waals surface area contributed by atoms with Crippen molar-refractivity contribution >= 4 is 10.0 Å². The molecule has 0 fully saturated rings. The normalized spacial score (nSPS) is 11.9. The quantitative estimate of drug-likeness (QED) is 0.509. The number of hydrogen-bond donors (Lipinski definition) is 1. The van der Waals surface area contributed by atoms with Crippen molar-refractivity contribution in [3.63, 3.8) is 0 Å². The van der Waals surface area contributed by atoms with Gasteiger partial charge < -0.3 is 14.2 Å². The fourth-order valence-electron chi connectivity index (χ4n) is 1.15. The van der Waals surface area contributed by atoms with Gasteiger partial charge in [-0.15, -0.1) is 0 Å². The molecule has 0 rings (SSSR count). The van der Waals surface area contributed by atoms with Crippen molar-refractivity contribution in [2.45, 2.75) is 19.3 Å². The lowest BCUT2D eigenvalue weighted by molar-refractivity contribution is 0.0240. The maximum absolute atomic E-state index is 10.6. The topological polar surface area (TPSA) is 87.8 Å². The molecule has 6 nitrogen and oxygen atoms in total. The first-order valence-electron chi connectivity index (χ1n) is 5.71. The van der Waals surface area contributed by atoms with Gasteiger partial charge in [-0.2, -0.15) is 0 Å². The molecule has 0 unspecified atom stereocenters. The minimum Gasteiger partial charge on any atom is -0.382 e. The number of sulfonamides is 1. The van der Waals surface area contributed by atoms with E-state index in [2.05, 4.69) is 0 Å². The van der Waals surface area contributed by atoms with Crippen LogP contribution in [0.2, 0.25) is 0 Å². The van der Waals surface area contributed by atoms with Crippen LogP contribution in [0.25, 0.3) is 0 Å². The molecule has 0 aromatic rings. The van der Waals surface area contributed by atoms with E-state index in [1.807, 2.05) is 0 Å². The minimum absolute atomic E-state index is 0.0487. The zero-order chi connectivity index (χ0) is 13.0. The smallest absolute Gasteiger partial charge is 0.209 e. The molecular formula is C10H23NO5S. The second-order valence-corrected chi connectivity index (χ2v) is 5.38. The van der Waals surface area contributed by atoms with Gasteiger partial charge in [-0.25, -0.2) is 13.6 Å². The molecule has 7 heteroatoms. The summed E-state index contributed by atoms with van der Waals surface area (Å²) in [6, 6.07) is 0. The summed E-state index contributed by atoms with van der Waals surface area (Å²) < 4.78 is 36.5. The highest BCUT2D eigenvalue weighted by Gasteiger charge is 2.01. The third-order valence-corrected chi connectivity index (χ3v) is 2.88. The summed E-state index contributed by atoms with van der Waals surface area (Å²) in [6.45, 7) is 2.90. The number of primary sulfonamides is 1.